The zero-order chi connectivity index (χ0) is 20.8. The van der Waals surface area contributed by atoms with Gasteiger partial charge in [-0.15, -0.1) is 0 Å². The van der Waals surface area contributed by atoms with Crippen LogP contribution in [0, 0.1) is 0 Å². The lowest BCUT2D eigenvalue weighted by molar-refractivity contribution is -0.121. The molecule has 2 aromatic carbocycles. The Morgan fingerprint density at radius 1 is 1.07 bits per heavy atom. The molecular formula is C22H22N4O3. The van der Waals surface area contributed by atoms with E-state index in [1.54, 1.807) is 30.3 Å². The van der Waals surface area contributed by atoms with E-state index < -0.39 is 0 Å². The molecular weight excluding hydrogens is 368 g/mol. The van der Waals surface area contributed by atoms with Gasteiger partial charge in [-0.2, -0.15) is 0 Å². The molecule has 0 radical (unpaired) electrons. The molecule has 3 amide bonds. The zero-order valence-corrected chi connectivity index (χ0v) is 16.6. The molecule has 0 aliphatic carbocycles. The fourth-order valence-electron chi connectivity index (χ4n) is 3.30. The number of aromatic nitrogens is 2. The second-order valence-corrected chi connectivity index (χ2v) is 8.19. The Morgan fingerprint density at radius 3 is 2.48 bits per heavy atom. The third-order valence-corrected chi connectivity index (χ3v) is 4.87. The van der Waals surface area contributed by atoms with Crippen LogP contribution in [0.5, 0.6) is 0 Å². The number of hydrogen-bond acceptors (Lipinski definition) is 4. The highest BCUT2D eigenvalue weighted by molar-refractivity contribution is 6.20. The Kier molecular flexibility index (Phi) is 4.45. The van der Waals surface area contributed by atoms with Gasteiger partial charge in [0.15, 0.2) is 0 Å². The van der Waals surface area contributed by atoms with Gasteiger partial charge in [0, 0.05) is 29.5 Å². The molecule has 2 N–H and O–H groups in total. The molecule has 7 heteroatoms. The number of benzene rings is 2. The van der Waals surface area contributed by atoms with Crippen LogP contribution in [0.1, 0.15) is 49.8 Å². The summed E-state index contributed by atoms with van der Waals surface area (Å²) in [6, 6.07) is 12.0. The number of nitrogens with one attached hydrogen (secondary N) is 2. The van der Waals surface area contributed by atoms with E-state index in [4.69, 9.17) is 0 Å². The van der Waals surface area contributed by atoms with Gasteiger partial charge in [-0.05, 0) is 36.4 Å². The van der Waals surface area contributed by atoms with Crippen LogP contribution < -0.4 is 10.2 Å². The summed E-state index contributed by atoms with van der Waals surface area (Å²) in [6.45, 7) is 6.24. The first-order valence-electron chi connectivity index (χ1n) is 9.50. The number of nitrogens with zero attached hydrogens (tertiary/aromatic N) is 2. The molecule has 4 rings (SSSR count). The van der Waals surface area contributed by atoms with Gasteiger partial charge in [0.1, 0.15) is 5.82 Å². The van der Waals surface area contributed by atoms with E-state index in [0.717, 1.165) is 21.8 Å². The summed E-state index contributed by atoms with van der Waals surface area (Å²) in [5, 5.41) is 2.86. The highest BCUT2D eigenvalue weighted by atomic mass is 16.2. The molecule has 0 saturated carbocycles. The van der Waals surface area contributed by atoms with Gasteiger partial charge in [0.05, 0.1) is 16.7 Å². The topological polar surface area (TPSA) is 95.2 Å². The van der Waals surface area contributed by atoms with Crippen molar-refractivity contribution < 1.29 is 14.4 Å². The summed E-state index contributed by atoms with van der Waals surface area (Å²) in [6.07, 6.45) is 0.409. The van der Waals surface area contributed by atoms with Crippen LogP contribution in [-0.4, -0.2) is 27.7 Å². The van der Waals surface area contributed by atoms with Crippen LogP contribution >= 0.6 is 0 Å². The van der Waals surface area contributed by atoms with Crippen LogP contribution in [-0.2, 0) is 15.0 Å². The summed E-state index contributed by atoms with van der Waals surface area (Å²) in [7, 11) is 0. The number of imide groups is 1. The van der Waals surface area contributed by atoms with Crippen molar-refractivity contribution in [3.05, 3.63) is 53.9 Å². The lowest BCUT2D eigenvalue weighted by atomic mass is 9.96. The summed E-state index contributed by atoms with van der Waals surface area (Å²) in [4.78, 5) is 45.7. The molecule has 0 bridgehead atoms. The molecule has 1 aliphatic heterocycles. The smallest absolute Gasteiger partial charge is 0.255 e. The maximum atomic E-state index is 12.7. The Balaban J connectivity index is 1.57. The minimum Gasteiger partial charge on any atom is -0.341 e. The van der Waals surface area contributed by atoms with Crippen molar-refractivity contribution in [2.45, 2.75) is 39.0 Å². The van der Waals surface area contributed by atoms with Gasteiger partial charge < -0.3 is 10.3 Å². The first-order valence-corrected chi connectivity index (χ1v) is 9.50. The first-order chi connectivity index (χ1) is 13.7. The van der Waals surface area contributed by atoms with Gasteiger partial charge in [-0.25, -0.2) is 4.98 Å². The van der Waals surface area contributed by atoms with Crippen molar-refractivity contribution >= 4 is 40.1 Å². The van der Waals surface area contributed by atoms with E-state index in [2.05, 4.69) is 36.1 Å². The number of fused-ring (bicyclic) bond motifs is 1. The zero-order valence-electron chi connectivity index (χ0n) is 16.6. The number of anilines is 2. The number of amides is 3. The quantitative estimate of drug-likeness (QED) is 0.666. The highest BCUT2D eigenvalue weighted by Crippen LogP contribution is 2.26. The van der Waals surface area contributed by atoms with Gasteiger partial charge in [0.25, 0.3) is 5.91 Å². The molecule has 3 aromatic rings. The van der Waals surface area contributed by atoms with Gasteiger partial charge >= 0.3 is 0 Å². The standard InChI is InChI=1S/C22H22N4O3/c1-22(2,3)21-24-16-8-7-14(12-17(16)25-21)23-20(29)13-5-4-6-15(11-13)26-18(27)9-10-19(26)28/h4-8,11-12H,9-10H2,1-3H3,(H,23,29)(H,24,25). The maximum absolute atomic E-state index is 12.7. The van der Waals surface area contributed by atoms with Crippen LogP contribution in [0.3, 0.4) is 0 Å². The third kappa shape index (κ3) is 3.63. The predicted molar refractivity (Wildman–Crippen MR) is 111 cm³/mol. The fourth-order valence-corrected chi connectivity index (χ4v) is 3.30. The molecule has 1 fully saturated rings. The molecule has 148 valence electrons. The minimum atomic E-state index is -0.319. The average molecular weight is 390 g/mol. The maximum Gasteiger partial charge on any atom is 0.255 e. The molecule has 1 aromatic heterocycles. The van der Waals surface area contributed by atoms with Crippen molar-refractivity contribution in [2.24, 2.45) is 0 Å². The number of carbonyl (C=O) groups excluding carboxylic acids is 3. The molecule has 1 aliphatic rings. The summed E-state index contributed by atoms with van der Waals surface area (Å²) >= 11 is 0. The van der Waals surface area contributed by atoms with Crippen LogP contribution in [0.4, 0.5) is 11.4 Å². The van der Waals surface area contributed by atoms with Crippen molar-refractivity contribution in [1.29, 1.82) is 0 Å². The Morgan fingerprint density at radius 2 is 1.79 bits per heavy atom. The number of imidazole rings is 1. The predicted octanol–water partition coefficient (Wildman–Crippen LogP) is 3.77. The van der Waals surface area contributed by atoms with Gasteiger partial charge in [0.2, 0.25) is 11.8 Å². The van der Waals surface area contributed by atoms with Crippen LogP contribution in [0.2, 0.25) is 0 Å². The van der Waals surface area contributed by atoms with E-state index in [1.165, 1.54) is 0 Å². The Labute approximate surface area is 168 Å². The van der Waals surface area contributed by atoms with E-state index in [-0.39, 0.29) is 36.0 Å². The van der Waals surface area contributed by atoms with Gasteiger partial charge in [-0.3, -0.25) is 19.3 Å². The lowest BCUT2D eigenvalue weighted by Gasteiger charge is -2.14. The highest BCUT2D eigenvalue weighted by Gasteiger charge is 2.30. The second-order valence-electron chi connectivity index (χ2n) is 8.19. The van der Waals surface area contributed by atoms with E-state index in [9.17, 15) is 14.4 Å². The second kappa shape index (κ2) is 6.84. The van der Waals surface area contributed by atoms with Crippen molar-refractivity contribution in [1.82, 2.24) is 9.97 Å². The van der Waals surface area contributed by atoms with Gasteiger partial charge in [-0.1, -0.05) is 26.8 Å². The van der Waals surface area contributed by atoms with Crippen molar-refractivity contribution in [2.75, 3.05) is 10.2 Å². The number of H-pyrrole nitrogens is 1. The first kappa shape index (κ1) is 18.9. The number of carbonyl (C=O) groups is 3. The monoisotopic (exact) mass is 390 g/mol. The van der Waals surface area contributed by atoms with Crippen LogP contribution in [0.15, 0.2) is 42.5 Å². The Hall–Kier alpha value is -3.48. The van der Waals surface area contributed by atoms with Crippen LogP contribution in [0.25, 0.3) is 11.0 Å². The molecule has 0 atom stereocenters. The normalized spacial score (nSPS) is 14.7. The molecule has 0 spiro atoms. The summed E-state index contributed by atoms with van der Waals surface area (Å²) in [5.41, 5.74) is 2.99. The molecule has 2 heterocycles. The summed E-state index contributed by atoms with van der Waals surface area (Å²) in [5.74, 6) is 0.0725. The van der Waals surface area contributed by atoms with E-state index in [0.29, 0.717) is 16.9 Å². The third-order valence-electron chi connectivity index (χ3n) is 4.87. The number of aromatic amines is 1. The fraction of sp³-hybridized carbons (Fsp3) is 0.273. The van der Waals surface area contributed by atoms with E-state index in [1.807, 2.05) is 12.1 Å². The molecule has 1 saturated heterocycles. The number of rotatable bonds is 3. The number of hydrogen-bond donors (Lipinski definition) is 2. The molecule has 0 unspecified atom stereocenters. The van der Waals surface area contributed by atoms with E-state index >= 15 is 0 Å². The minimum absolute atomic E-state index is 0.104. The van der Waals surface area contributed by atoms with Crippen molar-refractivity contribution in [3.8, 4) is 0 Å². The molecule has 29 heavy (non-hydrogen) atoms. The average Bonchev–Trinajstić information content (AvgIpc) is 3.24. The summed E-state index contributed by atoms with van der Waals surface area (Å²) < 4.78 is 0. The Bertz CT molecular complexity index is 1120. The van der Waals surface area contributed by atoms with Crippen molar-refractivity contribution in [3.63, 3.8) is 0 Å². The SMILES string of the molecule is CC(C)(C)c1nc2ccc(NC(=O)c3cccc(N4C(=O)CCC4=O)c3)cc2[nH]1. The largest absolute Gasteiger partial charge is 0.341 e. The lowest BCUT2D eigenvalue weighted by Crippen LogP contribution is -2.28. The molecule has 7 nitrogen and oxygen atoms in total.